The summed E-state index contributed by atoms with van der Waals surface area (Å²) in [5, 5.41) is 0. The minimum absolute atomic E-state index is 0.0189. The van der Waals surface area contributed by atoms with Crippen molar-refractivity contribution in [1.29, 1.82) is 0 Å². The molecule has 102 valence electrons. The summed E-state index contributed by atoms with van der Waals surface area (Å²) < 4.78 is 5.10. The van der Waals surface area contributed by atoms with E-state index in [-0.39, 0.29) is 24.9 Å². The monoisotopic (exact) mass is 261 g/mol. The maximum Gasteiger partial charge on any atom is 0.307 e. The molecule has 0 radical (unpaired) electrons. The lowest BCUT2D eigenvalue weighted by Crippen LogP contribution is -2.47. The average molecular weight is 261 g/mol. The Morgan fingerprint density at radius 2 is 1.89 bits per heavy atom. The Kier molecular flexibility index (Phi) is 3.88. The molecular formula is C15H19NO3. The normalized spacial score (nSPS) is 22.1. The summed E-state index contributed by atoms with van der Waals surface area (Å²) in [7, 11) is 0. The number of cyclic esters (lactones) is 1. The van der Waals surface area contributed by atoms with Gasteiger partial charge < -0.3 is 9.64 Å². The van der Waals surface area contributed by atoms with Gasteiger partial charge in [-0.05, 0) is 19.4 Å². The zero-order valence-electron chi connectivity index (χ0n) is 11.4. The van der Waals surface area contributed by atoms with Crippen LogP contribution in [0.4, 0.5) is 0 Å². The van der Waals surface area contributed by atoms with Crippen molar-refractivity contribution < 1.29 is 14.3 Å². The number of carbonyl (C=O) groups is 2. The van der Waals surface area contributed by atoms with Gasteiger partial charge in [0.25, 0.3) is 0 Å². The van der Waals surface area contributed by atoms with E-state index < -0.39 is 5.41 Å². The Labute approximate surface area is 113 Å². The van der Waals surface area contributed by atoms with Crippen molar-refractivity contribution in [3.63, 3.8) is 0 Å². The van der Waals surface area contributed by atoms with Crippen molar-refractivity contribution in [2.24, 2.45) is 0 Å². The molecule has 0 aromatic heterocycles. The quantitative estimate of drug-likeness (QED) is 0.776. The van der Waals surface area contributed by atoms with Crippen LogP contribution >= 0.6 is 0 Å². The predicted octanol–water partition coefficient (Wildman–Crippen LogP) is 1.74. The molecule has 0 spiro atoms. The van der Waals surface area contributed by atoms with Gasteiger partial charge >= 0.3 is 5.97 Å². The summed E-state index contributed by atoms with van der Waals surface area (Å²) in [6, 6.07) is 9.45. The SMILES string of the molecule is CCN(CC)C(=O)C1(c2ccccc2)COC(=O)C1. The molecule has 1 atom stereocenters. The Morgan fingerprint density at radius 3 is 2.37 bits per heavy atom. The summed E-state index contributed by atoms with van der Waals surface area (Å²) >= 11 is 0. The van der Waals surface area contributed by atoms with Gasteiger partial charge in [0, 0.05) is 13.1 Å². The maximum absolute atomic E-state index is 12.8. The van der Waals surface area contributed by atoms with Crippen LogP contribution in [0.3, 0.4) is 0 Å². The number of benzene rings is 1. The molecule has 0 aliphatic carbocycles. The number of amides is 1. The fraction of sp³-hybridized carbons (Fsp3) is 0.467. The van der Waals surface area contributed by atoms with Crippen LogP contribution in [0.25, 0.3) is 0 Å². The Morgan fingerprint density at radius 1 is 1.26 bits per heavy atom. The molecule has 1 aliphatic heterocycles. The van der Waals surface area contributed by atoms with Crippen molar-refractivity contribution in [3.05, 3.63) is 35.9 Å². The molecule has 2 rings (SSSR count). The molecule has 1 aliphatic rings. The van der Waals surface area contributed by atoms with Gasteiger partial charge in [-0.25, -0.2) is 0 Å². The smallest absolute Gasteiger partial charge is 0.307 e. The highest BCUT2D eigenvalue weighted by atomic mass is 16.5. The largest absolute Gasteiger partial charge is 0.464 e. The summed E-state index contributed by atoms with van der Waals surface area (Å²) in [6.07, 6.45) is 0.131. The number of hydrogen-bond acceptors (Lipinski definition) is 3. The number of carbonyl (C=O) groups excluding carboxylic acids is 2. The minimum Gasteiger partial charge on any atom is -0.464 e. The lowest BCUT2D eigenvalue weighted by molar-refractivity contribution is -0.138. The van der Waals surface area contributed by atoms with Crippen LogP contribution in [-0.4, -0.2) is 36.5 Å². The van der Waals surface area contributed by atoms with Gasteiger partial charge in [0.2, 0.25) is 5.91 Å². The molecule has 0 saturated carbocycles. The first-order valence-corrected chi connectivity index (χ1v) is 6.64. The number of esters is 1. The summed E-state index contributed by atoms with van der Waals surface area (Å²) in [5.41, 5.74) is 0.0161. The third kappa shape index (κ3) is 2.35. The third-order valence-electron chi connectivity index (χ3n) is 3.71. The van der Waals surface area contributed by atoms with Crippen molar-refractivity contribution in [1.82, 2.24) is 4.90 Å². The van der Waals surface area contributed by atoms with Crippen molar-refractivity contribution in [2.75, 3.05) is 19.7 Å². The second kappa shape index (κ2) is 5.43. The number of hydrogen-bond donors (Lipinski definition) is 0. The molecular weight excluding hydrogens is 242 g/mol. The van der Waals surface area contributed by atoms with E-state index in [1.807, 2.05) is 44.2 Å². The van der Waals surface area contributed by atoms with Crippen LogP contribution in [0.5, 0.6) is 0 Å². The first kappa shape index (κ1) is 13.6. The molecule has 4 nitrogen and oxygen atoms in total. The zero-order valence-corrected chi connectivity index (χ0v) is 11.4. The van der Waals surface area contributed by atoms with Gasteiger partial charge in [0.1, 0.15) is 12.0 Å². The Hall–Kier alpha value is -1.84. The van der Waals surface area contributed by atoms with E-state index in [4.69, 9.17) is 4.74 Å². The van der Waals surface area contributed by atoms with E-state index >= 15 is 0 Å². The molecule has 1 fully saturated rings. The Bertz CT molecular complexity index is 468. The van der Waals surface area contributed by atoms with Crippen LogP contribution in [-0.2, 0) is 19.7 Å². The number of nitrogens with zero attached hydrogens (tertiary/aromatic N) is 1. The number of likely N-dealkylation sites (N-methyl/N-ethyl adjacent to an activating group) is 1. The first-order chi connectivity index (χ1) is 9.14. The van der Waals surface area contributed by atoms with E-state index in [1.54, 1.807) is 4.90 Å². The maximum atomic E-state index is 12.8. The molecule has 0 bridgehead atoms. The molecule has 1 aromatic carbocycles. The summed E-state index contributed by atoms with van der Waals surface area (Å²) in [6.45, 7) is 5.30. The lowest BCUT2D eigenvalue weighted by Gasteiger charge is -2.31. The van der Waals surface area contributed by atoms with E-state index in [0.29, 0.717) is 13.1 Å². The van der Waals surface area contributed by atoms with Crippen LogP contribution in [0.15, 0.2) is 30.3 Å². The first-order valence-electron chi connectivity index (χ1n) is 6.64. The molecule has 4 heteroatoms. The van der Waals surface area contributed by atoms with E-state index in [0.717, 1.165) is 5.56 Å². The van der Waals surface area contributed by atoms with Crippen LogP contribution in [0.2, 0.25) is 0 Å². The zero-order chi connectivity index (χ0) is 13.9. The molecule has 0 N–H and O–H groups in total. The fourth-order valence-electron chi connectivity index (χ4n) is 2.57. The summed E-state index contributed by atoms with van der Waals surface area (Å²) in [5.74, 6) is -0.320. The third-order valence-corrected chi connectivity index (χ3v) is 3.71. The van der Waals surface area contributed by atoms with Crippen LogP contribution in [0, 0.1) is 0 Å². The van der Waals surface area contributed by atoms with Crippen LogP contribution in [0.1, 0.15) is 25.8 Å². The minimum atomic E-state index is -0.843. The molecule has 1 saturated heterocycles. The van der Waals surface area contributed by atoms with Crippen LogP contribution < -0.4 is 0 Å². The number of ether oxygens (including phenoxy) is 1. The predicted molar refractivity (Wildman–Crippen MR) is 71.6 cm³/mol. The van der Waals surface area contributed by atoms with Gasteiger partial charge in [0.15, 0.2) is 0 Å². The van der Waals surface area contributed by atoms with Gasteiger partial charge in [-0.15, -0.1) is 0 Å². The highest BCUT2D eigenvalue weighted by Crippen LogP contribution is 2.35. The second-order valence-electron chi connectivity index (χ2n) is 4.76. The highest BCUT2D eigenvalue weighted by molar-refractivity contribution is 5.94. The molecule has 19 heavy (non-hydrogen) atoms. The van der Waals surface area contributed by atoms with Gasteiger partial charge in [-0.3, -0.25) is 9.59 Å². The highest BCUT2D eigenvalue weighted by Gasteiger charge is 2.49. The molecule has 1 amide bonds. The fourth-order valence-corrected chi connectivity index (χ4v) is 2.57. The second-order valence-corrected chi connectivity index (χ2v) is 4.76. The van der Waals surface area contributed by atoms with Crippen molar-refractivity contribution in [3.8, 4) is 0 Å². The molecule has 1 heterocycles. The number of rotatable bonds is 4. The van der Waals surface area contributed by atoms with Gasteiger partial charge in [0.05, 0.1) is 6.42 Å². The molecule has 1 unspecified atom stereocenters. The molecule has 1 aromatic rings. The standard InChI is InChI=1S/C15H19NO3/c1-3-16(4-2)14(18)15(10-13(17)19-11-15)12-8-6-5-7-9-12/h5-9H,3-4,10-11H2,1-2H3. The van der Waals surface area contributed by atoms with E-state index in [2.05, 4.69) is 0 Å². The topological polar surface area (TPSA) is 46.6 Å². The van der Waals surface area contributed by atoms with Crippen molar-refractivity contribution in [2.45, 2.75) is 25.7 Å². The van der Waals surface area contributed by atoms with E-state index in [1.165, 1.54) is 0 Å². The average Bonchev–Trinajstić information content (AvgIpc) is 2.84. The van der Waals surface area contributed by atoms with Gasteiger partial charge in [-0.2, -0.15) is 0 Å². The van der Waals surface area contributed by atoms with E-state index in [9.17, 15) is 9.59 Å². The Balaban J connectivity index is 2.42. The summed E-state index contributed by atoms with van der Waals surface area (Å²) in [4.78, 5) is 26.1. The van der Waals surface area contributed by atoms with Crippen molar-refractivity contribution >= 4 is 11.9 Å². The lowest BCUT2D eigenvalue weighted by atomic mass is 9.78. The van der Waals surface area contributed by atoms with Gasteiger partial charge in [-0.1, -0.05) is 30.3 Å².